The lowest BCUT2D eigenvalue weighted by Gasteiger charge is -2.08. The Labute approximate surface area is 194 Å². The first-order valence-corrected chi connectivity index (χ1v) is 10.7. The van der Waals surface area contributed by atoms with Gasteiger partial charge in [0, 0.05) is 17.7 Å². The number of rotatable bonds is 7. The van der Waals surface area contributed by atoms with Crippen molar-refractivity contribution in [2.75, 3.05) is 19.5 Å². The second kappa shape index (κ2) is 10.6. The first kappa shape index (κ1) is 23.7. The summed E-state index contributed by atoms with van der Waals surface area (Å²) in [5.74, 6) is -1.93. The molecule has 0 fully saturated rings. The fraction of sp³-hybridized carbons (Fsp3) is 0.167. The molecule has 3 aromatic rings. The van der Waals surface area contributed by atoms with Crippen molar-refractivity contribution in [1.29, 1.82) is 0 Å². The van der Waals surface area contributed by atoms with Crippen molar-refractivity contribution in [3.63, 3.8) is 0 Å². The molecule has 170 valence electrons. The summed E-state index contributed by atoms with van der Waals surface area (Å²) in [5, 5.41) is 5.70. The fourth-order valence-corrected chi connectivity index (χ4v) is 4.17. The van der Waals surface area contributed by atoms with Crippen LogP contribution in [-0.2, 0) is 16.0 Å². The van der Waals surface area contributed by atoms with Crippen LogP contribution in [0, 0.1) is 6.92 Å². The average molecular weight is 467 g/mol. The topological polar surface area (TPSA) is 111 Å². The number of carbonyl (C=O) groups is 4. The highest BCUT2D eigenvalue weighted by molar-refractivity contribution is 7.18. The molecule has 1 heterocycles. The van der Waals surface area contributed by atoms with Gasteiger partial charge in [0.25, 0.3) is 11.8 Å². The third-order valence-electron chi connectivity index (χ3n) is 4.84. The maximum atomic E-state index is 12.8. The van der Waals surface area contributed by atoms with Gasteiger partial charge in [0.2, 0.25) is 0 Å². The first-order chi connectivity index (χ1) is 15.8. The number of nitrogens with one attached hydrogen (secondary N) is 2. The van der Waals surface area contributed by atoms with Gasteiger partial charge in [0.05, 0.1) is 19.8 Å². The van der Waals surface area contributed by atoms with E-state index in [2.05, 4.69) is 10.6 Å². The molecule has 3 rings (SSSR count). The molecule has 0 spiro atoms. The third kappa shape index (κ3) is 5.45. The highest BCUT2D eigenvalue weighted by Gasteiger charge is 2.27. The van der Waals surface area contributed by atoms with Crippen molar-refractivity contribution < 1.29 is 28.7 Å². The van der Waals surface area contributed by atoms with Crippen LogP contribution < -0.4 is 10.6 Å². The second-order valence-electron chi connectivity index (χ2n) is 6.94. The molecular weight excluding hydrogens is 444 g/mol. The summed E-state index contributed by atoms with van der Waals surface area (Å²) in [5.41, 5.74) is 2.20. The Balaban J connectivity index is 1.71. The number of anilines is 1. The summed E-state index contributed by atoms with van der Waals surface area (Å²) in [7, 11) is 2.46. The smallest absolute Gasteiger partial charge is 0.348 e. The minimum Gasteiger partial charge on any atom is -0.465 e. The van der Waals surface area contributed by atoms with Crippen LogP contribution >= 0.6 is 11.3 Å². The molecule has 2 amide bonds. The number of benzene rings is 2. The molecule has 0 atom stereocenters. The van der Waals surface area contributed by atoms with Gasteiger partial charge in [-0.25, -0.2) is 9.59 Å². The largest absolute Gasteiger partial charge is 0.465 e. The summed E-state index contributed by atoms with van der Waals surface area (Å²) in [6.07, 6.45) is 0. The highest BCUT2D eigenvalue weighted by Crippen LogP contribution is 2.34. The van der Waals surface area contributed by atoms with E-state index in [-0.39, 0.29) is 21.3 Å². The molecule has 2 aromatic carbocycles. The zero-order chi connectivity index (χ0) is 24.0. The minimum absolute atomic E-state index is 0.108. The molecule has 8 nitrogen and oxygen atoms in total. The number of methoxy groups -OCH3 is 2. The van der Waals surface area contributed by atoms with E-state index in [1.54, 1.807) is 55.5 Å². The number of amides is 2. The molecule has 2 N–H and O–H groups in total. The van der Waals surface area contributed by atoms with E-state index in [0.29, 0.717) is 23.2 Å². The van der Waals surface area contributed by atoms with E-state index in [0.717, 1.165) is 16.9 Å². The molecule has 9 heteroatoms. The minimum atomic E-state index is -0.668. The van der Waals surface area contributed by atoms with Crippen molar-refractivity contribution in [1.82, 2.24) is 5.32 Å². The molecular formula is C24H22N2O6S. The lowest BCUT2D eigenvalue weighted by molar-refractivity contribution is 0.0601. The van der Waals surface area contributed by atoms with Gasteiger partial charge < -0.3 is 20.1 Å². The Morgan fingerprint density at radius 1 is 0.818 bits per heavy atom. The number of thiophene rings is 1. The van der Waals surface area contributed by atoms with E-state index in [9.17, 15) is 19.2 Å². The lowest BCUT2D eigenvalue weighted by Crippen LogP contribution is -2.22. The Kier molecular flexibility index (Phi) is 7.57. The van der Waals surface area contributed by atoms with Gasteiger partial charge in [-0.05, 0) is 42.3 Å². The summed E-state index contributed by atoms with van der Waals surface area (Å²) in [6, 6.07) is 15.5. The number of esters is 2. The van der Waals surface area contributed by atoms with Crippen molar-refractivity contribution in [2.24, 2.45) is 0 Å². The highest BCUT2D eigenvalue weighted by atomic mass is 32.1. The Bertz CT molecular complexity index is 1190. The quantitative estimate of drug-likeness (QED) is 0.512. The van der Waals surface area contributed by atoms with Crippen LogP contribution in [0.4, 0.5) is 5.00 Å². The number of ether oxygens (including phenoxy) is 2. The van der Waals surface area contributed by atoms with Crippen LogP contribution in [0.25, 0.3) is 0 Å². The molecule has 1 aromatic heterocycles. The Morgan fingerprint density at radius 2 is 1.42 bits per heavy atom. The molecule has 0 unspecified atom stereocenters. The molecule has 0 radical (unpaired) electrons. The first-order valence-electron chi connectivity index (χ1n) is 9.89. The van der Waals surface area contributed by atoms with Crippen molar-refractivity contribution >= 4 is 40.1 Å². The second-order valence-corrected chi connectivity index (χ2v) is 7.96. The number of carbonyl (C=O) groups excluding carboxylic acids is 4. The predicted molar refractivity (Wildman–Crippen MR) is 124 cm³/mol. The molecule has 0 aliphatic heterocycles. The van der Waals surface area contributed by atoms with E-state index in [1.165, 1.54) is 14.2 Å². The zero-order valence-electron chi connectivity index (χ0n) is 18.3. The lowest BCUT2D eigenvalue weighted by atomic mass is 10.1. The van der Waals surface area contributed by atoms with Gasteiger partial charge in [-0.2, -0.15) is 0 Å². The van der Waals surface area contributed by atoms with Crippen LogP contribution in [-0.4, -0.2) is 38.0 Å². The normalized spacial score (nSPS) is 10.3. The van der Waals surface area contributed by atoms with Crippen LogP contribution in [0.5, 0.6) is 0 Å². The molecule has 0 saturated carbocycles. The van der Waals surface area contributed by atoms with Crippen LogP contribution in [0.2, 0.25) is 0 Å². The van der Waals surface area contributed by atoms with Crippen LogP contribution in [0.15, 0.2) is 54.6 Å². The van der Waals surface area contributed by atoms with Gasteiger partial charge in [-0.15, -0.1) is 11.3 Å². The maximum absolute atomic E-state index is 12.8. The van der Waals surface area contributed by atoms with Crippen molar-refractivity contribution in [3.05, 3.63) is 87.3 Å². The molecule has 0 saturated heterocycles. The van der Waals surface area contributed by atoms with Gasteiger partial charge in [0.15, 0.2) is 0 Å². The van der Waals surface area contributed by atoms with Gasteiger partial charge >= 0.3 is 11.9 Å². The van der Waals surface area contributed by atoms with Crippen LogP contribution in [0.3, 0.4) is 0 Å². The summed E-state index contributed by atoms with van der Waals surface area (Å²) >= 11 is 0.943. The van der Waals surface area contributed by atoms with Gasteiger partial charge in [-0.1, -0.05) is 30.3 Å². The molecule has 0 bridgehead atoms. The van der Waals surface area contributed by atoms with Crippen molar-refractivity contribution in [3.8, 4) is 0 Å². The van der Waals surface area contributed by atoms with Gasteiger partial charge in [0.1, 0.15) is 9.88 Å². The standard InChI is InChI=1S/C24H22N2O6S/c1-14-18(23(29)31-2)22(33-19(14)24(30)32-3)26-21(28)17-11-9-15(10-12-17)13-25-20(27)16-7-5-4-6-8-16/h4-12H,13H2,1-3H3,(H,25,27)(H,26,28). The number of hydrogen-bond donors (Lipinski definition) is 2. The zero-order valence-corrected chi connectivity index (χ0v) is 19.1. The molecule has 0 aliphatic rings. The summed E-state index contributed by atoms with van der Waals surface area (Å²) in [6.45, 7) is 1.89. The summed E-state index contributed by atoms with van der Waals surface area (Å²) < 4.78 is 9.54. The van der Waals surface area contributed by atoms with Crippen LogP contribution in [0.1, 0.15) is 51.9 Å². The maximum Gasteiger partial charge on any atom is 0.348 e. The number of hydrogen-bond acceptors (Lipinski definition) is 7. The average Bonchev–Trinajstić information content (AvgIpc) is 3.17. The SMILES string of the molecule is COC(=O)c1sc(NC(=O)c2ccc(CNC(=O)c3ccccc3)cc2)c(C(=O)OC)c1C. The van der Waals surface area contributed by atoms with Gasteiger partial charge in [-0.3, -0.25) is 9.59 Å². The monoisotopic (exact) mass is 466 g/mol. The van der Waals surface area contributed by atoms with E-state index >= 15 is 0 Å². The van der Waals surface area contributed by atoms with E-state index in [1.807, 2.05) is 6.07 Å². The predicted octanol–water partition coefficient (Wildman–Crippen LogP) is 3.81. The van der Waals surface area contributed by atoms with E-state index < -0.39 is 17.8 Å². The molecule has 33 heavy (non-hydrogen) atoms. The fourth-order valence-electron chi connectivity index (χ4n) is 3.06. The van der Waals surface area contributed by atoms with E-state index in [4.69, 9.17) is 9.47 Å². The Hall–Kier alpha value is -3.98. The molecule has 0 aliphatic carbocycles. The van der Waals surface area contributed by atoms with Crippen molar-refractivity contribution in [2.45, 2.75) is 13.5 Å². The summed E-state index contributed by atoms with van der Waals surface area (Å²) in [4.78, 5) is 49.3. The third-order valence-corrected chi connectivity index (χ3v) is 6.03. The Morgan fingerprint density at radius 3 is 2.03 bits per heavy atom.